The van der Waals surface area contributed by atoms with Gasteiger partial charge in [-0.1, -0.05) is 30.3 Å². The van der Waals surface area contributed by atoms with Crippen LogP contribution in [0.4, 0.5) is 0 Å². The van der Waals surface area contributed by atoms with Crippen molar-refractivity contribution in [3.05, 3.63) is 66.4 Å². The lowest BCUT2D eigenvalue weighted by molar-refractivity contribution is 0.0875. The summed E-state index contributed by atoms with van der Waals surface area (Å²) in [7, 11) is 0. The summed E-state index contributed by atoms with van der Waals surface area (Å²) in [6.45, 7) is 0.727. The van der Waals surface area contributed by atoms with Gasteiger partial charge in [0.1, 0.15) is 17.2 Å². The van der Waals surface area contributed by atoms with Crippen molar-refractivity contribution in [2.45, 2.75) is 18.5 Å². The van der Waals surface area contributed by atoms with E-state index in [0.717, 1.165) is 24.3 Å². The van der Waals surface area contributed by atoms with E-state index in [1.807, 2.05) is 54.6 Å². The van der Waals surface area contributed by atoms with E-state index in [2.05, 4.69) is 21.7 Å². The number of fused-ring (bicyclic) bond motifs is 1. The monoisotopic (exact) mass is 385 g/mol. The molecule has 1 saturated carbocycles. The van der Waals surface area contributed by atoms with E-state index < -0.39 is 0 Å². The Morgan fingerprint density at radius 2 is 2.00 bits per heavy atom. The average molecular weight is 385 g/mol. The largest absolute Gasteiger partial charge is 0.457 e. The normalized spacial score (nSPS) is 21.9. The zero-order chi connectivity index (χ0) is 19.8. The summed E-state index contributed by atoms with van der Waals surface area (Å²) in [5.74, 6) is 1.55. The molecule has 2 bridgehead atoms. The third-order valence-electron chi connectivity index (χ3n) is 5.68. The summed E-state index contributed by atoms with van der Waals surface area (Å²) in [5.41, 5.74) is 1.83. The Kier molecular flexibility index (Phi) is 4.17. The van der Waals surface area contributed by atoms with Crippen LogP contribution in [0.3, 0.4) is 0 Å². The van der Waals surface area contributed by atoms with Crippen LogP contribution in [0.15, 0.2) is 60.7 Å². The van der Waals surface area contributed by atoms with Gasteiger partial charge in [0.2, 0.25) is 0 Å². The van der Waals surface area contributed by atoms with Gasteiger partial charge in [0.05, 0.1) is 17.8 Å². The molecule has 3 fully saturated rings. The van der Waals surface area contributed by atoms with Crippen LogP contribution in [0.1, 0.15) is 16.9 Å². The number of benzene rings is 2. The third-order valence-corrected chi connectivity index (χ3v) is 5.68. The van der Waals surface area contributed by atoms with E-state index in [9.17, 15) is 4.79 Å². The van der Waals surface area contributed by atoms with E-state index in [4.69, 9.17) is 10.00 Å². The van der Waals surface area contributed by atoms with E-state index in [1.54, 1.807) is 11.0 Å². The molecular weight excluding hydrogens is 366 g/mol. The van der Waals surface area contributed by atoms with Crippen molar-refractivity contribution < 1.29 is 9.53 Å². The Morgan fingerprint density at radius 3 is 2.79 bits per heavy atom. The molecule has 1 amide bonds. The second-order valence-electron chi connectivity index (χ2n) is 7.39. The van der Waals surface area contributed by atoms with Crippen LogP contribution >= 0.6 is 0 Å². The zero-order valence-electron chi connectivity index (χ0n) is 15.6. The van der Waals surface area contributed by atoms with Gasteiger partial charge in [-0.2, -0.15) is 10.4 Å². The highest BCUT2D eigenvalue weighted by atomic mass is 16.5. The molecule has 3 heterocycles. The quantitative estimate of drug-likeness (QED) is 0.658. The lowest BCUT2D eigenvalue weighted by Gasteiger charge is -2.35. The fraction of sp³-hybridized carbons (Fsp3) is 0.227. The number of hydrogen-bond acceptors (Lipinski definition) is 5. The Hall–Kier alpha value is -3.79. The van der Waals surface area contributed by atoms with Crippen LogP contribution in [0.5, 0.6) is 11.5 Å². The molecule has 1 aromatic heterocycles. The van der Waals surface area contributed by atoms with Crippen molar-refractivity contribution >= 4 is 5.91 Å². The first-order chi connectivity index (χ1) is 14.2. The summed E-state index contributed by atoms with van der Waals surface area (Å²) in [4.78, 5) is 14.4. The van der Waals surface area contributed by atoms with Gasteiger partial charge in [0.25, 0.3) is 5.91 Å². The summed E-state index contributed by atoms with van der Waals surface area (Å²) < 4.78 is 5.99. The maximum Gasteiger partial charge on any atom is 0.269 e. The molecule has 1 aliphatic carbocycles. The topological polar surface area (TPSA) is 94.0 Å². The van der Waals surface area contributed by atoms with Crippen LogP contribution in [0, 0.1) is 17.4 Å². The van der Waals surface area contributed by atoms with Gasteiger partial charge in [-0.15, -0.1) is 0 Å². The first-order valence-electron chi connectivity index (χ1n) is 9.58. The number of nitrogens with one attached hydrogen (secondary N) is 2. The molecule has 2 aromatic carbocycles. The molecule has 29 heavy (non-hydrogen) atoms. The zero-order valence-corrected chi connectivity index (χ0v) is 15.6. The first-order valence-corrected chi connectivity index (χ1v) is 9.58. The fourth-order valence-electron chi connectivity index (χ4n) is 4.14. The maximum atomic E-state index is 12.7. The molecule has 7 heteroatoms. The molecule has 2 aliphatic heterocycles. The summed E-state index contributed by atoms with van der Waals surface area (Å²) in [6, 6.07) is 19.0. The Labute approximate surface area is 167 Å². The van der Waals surface area contributed by atoms with Gasteiger partial charge < -0.3 is 15.0 Å². The molecule has 144 valence electrons. The van der Waals surface area contributed by atoms with Crippen molar-refractivity contribution in [1.29, 1.82) is 5.26 Å². The standard InChI is InChI=1S/C22H19N5O2/c23-13-27-12-14-10-19(27)21(14)24-22(28)18-11-17(25-26-18)16-8-4-5-9-20(16)29-15-6-2-1-3-7-15/h1-9,11,14,19,21H,10,12H2,(H,24,28)(H,25,26)/t14-,19-,21+/m0/s1. The number of carbonyl (C=O) groups is 1. The number of amides is 1. The van der Waals surface area contributed by atoms with Crippen LogP contribution in [0.2, 0.25) is 0 Å². The SMILES string of the molecule is N#CN1C[C@@H]2C[C@H]1[C@@H]2NC(=O)c1cc(-c2ccccc2Oc2ccccc2)n[nH]1. The number of rotatable bonds is 5. The molecule has 0 spiro atoms. The predicted molar refractivity (Wildman–Crippen MR) is 106 cm³/mol. The predicted octanol–water partition coefficient (Wildman–Crippen LogP) is 3.15. The van der Waals surface area contributed by atoms with Gasteiger partial charge in [-0.25, -0.2) is 0 Å². The molecule has 0 unspecified atom stereocenters. The minimum absolute atomic E-state index is 0.0302. The van der Waals surface area contributed by atoms with Crippen molar-refractivity contribution in [2.75, 3.05) is 6.54 Å². The van der Waals surface area contributed by atoms with Gasteiger partial charge in [0, 0.05) is 18.0 Å². The molecular formula is C22H19N5O2. The van der Waals surface area contributed by atoms with Crippen molar-refractivity contribution in [3.8, 4) is 28.9 Å². The smallest absolute Gasteiger partial charge is 0.269 e. The Balaban J connectivity index is 1.33. The molecule has 6 rings (SSSR count). The van der Waals surface area contributed by atoms with Crippen molar-refractivity contribution in [1.82, 2.24) is 20.4 Å². The number of aromatic amines is 1. The van der Waals surface area contributed by atoms with Crippen LogP contribution < -0.4 is 10.1 Å². The van der Waals surface area contributed by atoms with E-state index in [1.165, 1.54) is 0 Å². The number of nitriles is 1. The highest BCUT2D eigenvalue weighted by molar-refractivity contribution is 5.94. The van der Waals surface area contributed by atoms with Crippen LogP contribution in [0.25, 0.3) is 11.3 Å². The third kappa shape index (κ3) is 3.09. The first kappa shape index (κ1) is 17.3. The highest BCUT2D eigenvalue weighted by Gasteiger charge is 2.52. The lowest BCUT2D eigenvalue weighted by Crippen LogP contribution is -2.54. The molecule has 7 nitrogen and oxygen atoms in total. The van der Waals surface area contributed by atoms with Crippen LogP contribution in [-0.2, 0) is 0 Å². The van der Waals surface area contributed by atoms with Gasteiger partial charge >= 0.3 is 0 Å². The number of aromatic nitrogens is 2. The molecule has 2 N–H and O–H groups in total. The molecule has 3 aromatic rings. The number of hydrogen-bond donors (Lipinski definition) is 2. The van der Waals surface area contributed by atoms with E-state index in [-0.39, 0.29) is 18.0 Å². The van der Waals surface area contributed by atoms with Crippen LogP contribution in [-0.4, -0.2) is 39.6 Å². The summed E-state index contributed by atoms with van der Waals surface area (Å²) >= 11 is 0. The molecule has 2 saturated heterocycles. The second-order valence-corrected chi connectivity index (χ2v) is 7.39. The number of nitrogens with zero attached hydrogens (tertiary/aromatic N) is 3. The minimum Gasteiger partial charge on any atom is -0.457 e. The number of carbonyl (C=O) groups excluding carboxylic acids is 1. The van der Waals surface area contributed by atoms with Gasteiger partial charge in [-0.3, -0.25) is 9.89 Å². The van der Waals surface area contributed by atoms with Crippen molar-refractivity contribution in [3.63, 3.8) is 0 Å². The number of ether oxygens (including phenoxy) is 1. The molecule has 0 radical (unpaired) electrons. The molecule has 3 atom stereocenters. The van der Waals surface area contributed by atoms with E-state index >= 15 is 0 Å². The van der Waals surface area contributed by atoms with Gasteiger partial charge in [0.15, 0.2) is 6.19 Å². The lowest BCUT2D eigenvalue weighted by atomic mass is 9.80. The number of para-hydroxylation sites is 2. The fourth-order valence-corrected chi connectivity index (χ4v) is 4.14. The Bertz CT molecular complexity index is 1090. The highest BCUT2D eigenvalue weighted by Crippen LogP contribution is 2.40. The maximum absolute atomic E-state index is 12.7. The van der Waals surface area contributed by atoms with Gasteiger partial charge in [-0.05, 0) is 36.8 Å². The molecule has 3 aliphatic rings. The summed E-state index contributed by atoms with van der Waals surface area (Å²) in [5, 5.41) is 19.3. The summed E-state index contributed by atoms with van der Waals surface area (Å²) in [6.07, 6.45) is 3.17. The number of H-pyrrole nitrogens is 1. The Morgan fingerprint density at radius 1 is 1.21 bits per heavy atom. The average Bonchev–Trinajstić information content (AvgIpc) is 3.47. The van der Waals surface area contributed by atoms with Crippen molar-refractivity contribution in [2.24, 2.45) is 5.92 Å². The second kappa shape index (κ2) is 6.99. The minimum atomic E-state index is -0.204. The van der Waals surface area contributed by atoms with E-state index in [0.29, 0.717) is 23.1 Å².